The highest BCUT2D eigenvalue weighted by molar-refractivity contribution is 9.09. The molecule has 1 rings (SSSR count). The number of esters is 1. The van der Waals surface area contributed by atoms with Crippen molar-refractivity contribution >= 4 is 21.9 Å². The van der Waals surface area contributed by atoms with Crippen molar-refractivity contribution in [1.29, 1.82) is 5.26 Å². The third kappa shape index (κ3) is 4.60. The van der Waals surface area contributed by atoms with Gasteiger partial charge < -0.3 is 9.47 Å². The minimum Gasteiger partial charge on any atom is -0.463 e. The van der Waals surface area contributed by atoms with Crippen LogP contribution in [0.15, 0.2) is 36.1 Å². The molecule has 0 radical (unpaired) electrons. The average molecular weight is 310 g/mol. The fraction of sp³-hybridized carbons (Fsp3) is 0.231. The molecule has 4 nitrogen and oxygen atoms in total. The van der Waals surface area contributed by atoms with Gasteiger partial charge in [0.25, 0.3) is 0 Å². The highest BCUT2D eigenvalue weighted by Gasteiger charge is 2.05. The van der Waals surface area contributed by atoms with Crippen LogP contribution in [0.1, 0.15) is 12.5 Å². The molecule has 0 amide bonds. The Morgan fingerprint density at radius 3 is 2.94 bits per heavy atom. The van der Waals surface area contributed by atoms with Gasteiger partial charge in [-0.15, -0.1) is 0 Å². The normalized spacial score (nSPS) is 10.6. The first-order valence-electron chi connectivity index (χ1n) is 5.31. The number of carbonyl (C=O) groups is 1. The van der Waals surface area contributed by atoms with Crippen molar-refractivity contribution < 1.29 is 14.3 Å². The van der Waals surface area contributed by atoms with Crippen molar-refractivity contribution in [3.05, 3.63) is 41.7 Å². The molecule has 0 aromatic heterocycles. The van der Waals surface area contributed by atoms with Crippen molar-refractivity contribution in [2.24, 2.45) is 0 Å². The number of hydrogen-bond acceptors (Lipinski definition) is 4. The van der Waals surface area contributed by atoms with Crippen LogP contribution in [0.2, 0.25) is 0 Å². The summed E-state index contributed by atoms with van der Waals surface area (Å²) in [5.74, 6) is 0.468. The highest BCUT2D eigenvalue weighted by Crippen LogP contribution is 2.16. The summed E-state index contributed by atoms with van der Waals surface area (Å²) in [6.45, 7) is 2.05. The molecule has 1 aromatic carbocycles. The van der Waals surface area contributed by atoms with Crippen LogP contribution in [-0.4, -0.2) is 17.9 Å². The van der Waals surface area contributed by atoms with Crippen LogP contribution in [0.25, 0.3) is 0 Å². The fourth-order valence-electron chi connectivity index (χ4n) is 1.19. The van der Waals surface area contributed by atoms with Crippen LogP contribution in [-0.2, 0) is 9.53 Å². The van der Waals surface area contributed by atoms with Gasteiger partial charge in [-0.2, -0.15) is 5.26 Å². The van der Waals surface area contributed by atoms with Crippen LogP contribution < -0.4 is 4.74 Å². The second kappa shape index (κ2) is 7.51. The number of ether oxygens (including phenoxy) is 2. The molecule has 0 aliphatic heterocycles. The van der Waals surface area contributed by atoms with E-state index >= 15 is 0 Å². The molecule has 18 heavy (non-hydrogen) atoms. The van der Waals surface area contributed by atoms with Crippen LogP contribution in [0.4, 0.5) is 0 Å². The summed E-state index contributed by atoms with van der Waals surface area (Å²) in [6, 6.07) is 8.72. The molecular formula is C13H12BrNO3. The SMILES string of the molecule is CCOC(=O)/C=C(/CBr)Oc1cccc(C#N)c1. The maximum atomic E-state index is 11.3. The van der Waals surface area contributed by atoms with Gasteiger partial charge in [0.1, 0.15) is 11.5 Å². The smallest absolute Gasteiger partial charge is 0.334 e. The van der Waals surface area contributed by atoms with Crippen molar-refractivity contribution in [3.8, 4) is 11.8 Å². The summed E-state index contributed by atoms with van der Waals surface area (Å²) in [5, 5.41) is 9.14. The molecule has 0 heterocycles. The number of nitriles is 1. The number of allylic oxidation sites excluding steroid dienone is 1. The first-order chi connectivity index (χ1) is 8.69. The molecule has 0 atom stereocenters. The zero-order chi connectivity index (χ0) is 13.4. The van der Waals surface area contributed by atoms with Gasteiger partial charge in [0.05, 0.1) is 29.6 Å². The number of carbonyl (C=O) groups excluding carboxylic acids is 1. The number of benzene rings is 1. The average Bonchev–Trinajstić information content (AvgIpc) is 2.38. The second-order valence-electron chi connectivity index (χ2n) is 3.24. The highest BCUT2D eigenvalue weighted by atomic mass is 79.9. The lowest BCUT2D eigenvalue weighted by atomic mass is 10.2. The minimum absolute atomic E-state index is 0.314. The number of rotatable bonds is 5. The zero-order valence-electron chi connectivity index (χ0n) is 9.85. The van der Waals surface area contributed by atoms with Crippen molar-refractivity contribution in [1.82, 2.24) is 0 Å². The van der Waals surface area contributed by atoms with E-state index in [2.05, 4.69) is 15.9 Å². The summed E-state index contributed by atoms with van der Waals surface area (Å²) in [4.78, 5) is 11.3. The summed E-state index contributed by atoms with van der Waals surface area (Å²) >= 11 is 3.22. The summed E-state index contributed by atoms with van der Waals surface area (Å²) in [6.07, 6.45) is 1.28. The molecule has 0 saturated carbocycles. The molecular weight excluding hydrogens is 298 g/mol. The number of nitrogens with zero attached hydrogens (tertiary/aromatic N) is 1. The Labute approximate surface area is 114 Å². The largest absolute Gasteiger partial charge is 0.463 e. The van der Waals surface area contributed by atoms with Crippen LogP contribution in [0, 0.1) is 11.3 Å². The quantitative estimate of drug-likeness (QED) is 0.363. The molecule has 0 spiro atoms. The Bertz CT molecular complexity index is 491. The van der Waals surface area contributed by atoms with Gasteiger partial charge >= 0.3 is 5.97 Å². The Balaban J connectivity index is 2.79. The molecule has 0 saturated heterocycles. The van der Waals surface area contributed by atoms with Crippen molar-refractivity contribution in [2.75, 3.05) is 11.9 Å². The van der Waals surface area contributed by atoms with Gasteiger partial charge in [-0.05, 0) is 25.1 Å². The molecule has 0 bridgehead atoms. The van der Waals surface area contributed by atoms with E-state index in [0.717, 1.165) is 0 Å². The summed E-state index contributed by atoms with van der Waals surface area (Å²) in [7, 11) is 0. The number of hydrogen-bond donors (Lipinski definition) is 0. The first kappa shape index (κ1) is 14.3. The molecule has 0 aliphatic rings. The Morgan fingerprint density at radius 1 is 1.56 bits per heavy atom. The fourth-order valence-corrected chi connectivity index (χ4v) is 1.47. The predicted octanol–water partition coefficient (Wildman–Crippen LogP) is 2.78. The number of alkyl halides is 1. The van der Waals surface area contributed by atoms with E-state index in [-0.39, 0.29) is 0 Å². The van der Waals surface area contributed by atoms with Crippen molar-refractivity contribution in [2.45, 2.75) is 6.92 Å². The van der Waals surface area contributed by atoms with Gasteiger partial charge in [-0.25, -0.2) is 4.79 Å². The lowest BCUT2D eigenvalue weighted by molar-refractivity contribution is -0.137. The maximum Gasteiger partial charge on any atom is 0.334 e. The summed E-state index contributed by atoms with van der Waals surface area (Å²) < 4.78 is 10.3. The lowest BCUT2D eigenvalue weighted by Gasteiger charge is -2.07. The van der Waals surface area contributed by atoms with Gasteiger partial charge in [0.15, 0.2) is 0 Å². The summed E-state index contributed by atoms with van der Waals surface area (Å²) in [5.41, 5.74) is 0.498. The van der Waals surface area contributed by atoms with Gasteiger partial charge in [-0.3, -0.25) is 0 Å². The minimum atomic E-state index is -0.455. The van der Waals surface area contributed by atoms with E-state index in [1.807, 2.05) is 6.07 Å². The topological polar surface area (TPSA) is 59.3 Å². The molecule has 94 valence electrons. The van der Waals surface area contributed by atoms with E-state index in [0.29, 0.717) is 29.0 Å². The van der Waals surface area contributed by atoms with Crippen LogP contribution >= 0.6 is 15.9 Å². The predicted molar refractivity (Wildman–Crippen MR) is 70.3 cm³/mol. The van der Waals surface area contributed by atoms with Gasteiger partial charge in [0, 0.05) is 0 Å². The molecule has 5 heteroatoms. The van der Waals surface area contributed by atoms with Crippen molar-refractivity contribution in [3.63, 3.8) is 0 Å². The van der Waals surface area contributed by atoms with Gasteiger partial charge in [-0.1, -0.05) is 22.0 Å². The van der Waals surface area contributed by atoms with E-state index < -0.39 is 5.97 Å². The monoisotopic (exact) mass is 309 g/mol. The maximum absolute atomic E-state index is 11.3. The molecule has 0 N–H and O–H groups in total. The number of halogens is 1. The molecule has 1 aromatic rings. The van der Waals surface area contributed by atoms with E-state index in [4.69, 9.17) is 14.7 Å². The van der Waals surface area contributed by atoms with Gasteiger partial charge in [0.2, 0.25) is 0 Å². The Morgan fingerprint density at radius 2 is 2.33 bits per heavy atom. The first-order valence-corrected chi connectivity index (χ1v) is 6.43. The van der Waals surface area contributed by atoms with Crippen LogP contribution in [0.5, 0.6) is 5.75 Å². The Hall–Kier alpha value is -1.80. The molecule has 0 fully saturated rings. The second-order valence-corrected chi connectivity index (χ2v) is 3.80. The third-order valence-electron chi connectivity index (χ3n) is 1.91. The third-order valence-corrected chi connectivity index (χ3v) is 2.46. The Kier molecular flexibility index (Phi) is 5.95. The van der Waals surface area contributed by atoms with E-state index in [9.17, 15) is 4.79 Å². The van der Waals surface area contributed by atoms with E-state index in [1.54, 1.807) is 31.2 Å². The van der Waals surface area contributed by atoms with Crippen LogP contribution in [0.3, 0.4) is 0 Å². The standard InChI is InChI=1S/C13H12BrNO3/c1-2-17-13(16)7-12(8-14)18-11-5-3-4-10(6-11)9-15/h3-7H,2,8H2,1H3/b12-7-. The van der Waals surface area contributed by atoms with E-state index in [1.165, 1.54) is 6.08 Å². The zero-order valence-corrected chi connectivity index (χ0v) is 11.4. The molecule has 0 aliphatic carbocycles. The lowest BCUT2D eigenvalue weighted by Crippen LogP contribution is -2.05. The molecule has 0 unspecified atom stereocenters.